The zero-order valence-corrected chi connectivity index (χ0v) is 38.0. The number of amides is 1. The molecule has 13 heteroatoms. The fraction of sp³-hybridized carbons (Fsp3) is 0.283. The van der Waals surface area contributed by atoms with Crippen molar-refractivity contribution < 1.29 is 19.1 Å². The van der Waals surface area contributed by atoms with Crippen LogP contribution in [0.3, 0.4) is 0 Å². The highest BCUT2D eigenvalue weighted by molar-refractivity contribution is 5.97. The van der Waals surface area contributed by atoms with Crippen molar-refractivity contribution in [2.45, 2.75) is 77.7 Å². The Morgan fingerprint density at radius 3 is 2.14 bits per heavy atom. The van der Waals surface area contributed by atoms with Crippen LogP contribution in [0.2, 0.25) is 0 Å². The Hall–Kier alpha value is -7.38. The zero-order chi connectivity index (χ0) is 45.7. The van der Waals surface area contributed by atoms with Crippen LogP contribution in [0.4, 0.5) is 15.3 Å². The third-order valence-corrected chi connectivity index (χ3v) is 12.6. The van der Waals surface area contributed by atoms with Crippen molar-refractivity contribution in [1.29, 1.82) is 0 Å². The predicted octanol–water partition coefficient (Wildman–Crippen LogP) is 11.8. The van der Waals surface area contributed by atoms with Crippen LogP contribution in [-0.2, 0) is 16.1 Å². The minimum Gasteiger partial charge on any atom is -0.445 e. The SMILES string of the molecule is Cc1ccc2c(c1)cc(-c1ccc3nc([C@@H]4CCCN4C)[nH]c3c1)n2C(=O)OC(C)(C)C.Nc1ccc2[nH]c(-c3ccc4nc([C@@H]5CCCN5C(=O)OCc5ccccc5)[nH]c4c3)cc2c1. The number of hydrogen-bond donors (Lipinski definition) is 4. The van der Waals surface area contributed by atoms with E-state index < -0.39 is 5.60 Å². The van der Waals surface area contributed by atoms with Gasteiger partial charge in [0.05, 0.1) is 45.4 Å². The Bertz CT molecular complexity index is 3250. The molecule has 0 spiro atoms. The second kappa shape index (κ2) is 17.2. The number of nitrogen functional groups attached to an aromatic ring is 1. The number of ether oxygens (including phenoxy) is 2. The third kappa shape index (κ3) is 8.61. The lowest BCUT2D eigenvalue weighted by Crippen LogP contribution is -2.31. The summed E-state index contributed by atoms with van der Waals surface area (Å²) in [5.74, 6) is 1.81. The number of nitrogens with one attached hydrogen (secondary N) is 3. The summed E-state index contributed by atoms with van der Waals surface area (Å²) in [5, 5.41) is 2.10. The Labute approximate surface area is 382 Å². The molecule has 66 heavy (non-hydrogen) atoms. The summed E-state index contributed by atoms with van der Waals surface area (Å²) in [6, 6.07) is 38.4. The topological polar surface area (TPSA) is 163 Å². The Kier molecular flexibility index (Phi) is 11.1. The van der Waals surface area contributed by atoms with Crippen LogP contribution in [0, 0.1) is 6.92 Å². The van der Waals surface area contributed by atoms with Crippen LogP contribution in [0.1, 0.15) is 81.3 Å². The molecule has 5 aromatic carbocycles. The van der Waals surface area contributed by atoms with Crippen LogP contribution < -0.4 is 5.73 Å². The lowest BCUT2D eigenvalue weighted by Gasteiger charge is -2.22. The van der Waals surface area contributed by atoms with Gasteiger partial charge in [-0.25, -0.2) is 24.1 Å². The van der Waals surface area contributed by atoms with Gasteiger partial charge in [-0.3, -0.25) is 9.80 Å². The van der Waals surface area contributed by atoms with Crippen molar-refractivity contribution in [2.75, 3.05) is 25.9 Å². The molecule has 9 aromatic rings. The average molecular weight is 882 g/mol. The molecule has 2 saturated heterocycles. The molecule has 6 heterocycles. The van der Waals surface area contributed by atoms with Gasteiger partial charge in [-0.05, 0) is 139 Å². The summed E-state index contributed by atoms with van der Waals surface area (Å²) in [6.07, 6.45) is 3.42. The predicted molar refractivity (Wildman–Crippen MR) is 261 cm³/mol. The van der Waals surface area contributed by atoms with Gasteiger partial charge in [0.15, 0.2) is 0 Å². The first-order valence-electron chi connectivity index (χ1n) is 22.7. The lowest BCUT2D eigenvalue weighted by atomic mass is 10.1. The second-order valence-corrected chi connectivity index (χ2v) is 18.7. The molecule has 11 rings (SSSR count). The molecule has 0 bridgehead atoms. The van der Waals surface area contributed by atoms with Gasteiger partial charge >= 0.3 is 12.2 Å². The number of fused-ring (bicyclic) bond motifs is 4. The number of nitrogens with zero attached hydrogens (tertiary/aromatic N) is 5. The maximum atomic E-state index is 13.2. The number of anilines is 1. The first-order chi connectivity index (χ1) is 31.8. The number of likely N-dealkylation sites (tertiary alicyclic amines) is 2. The van der Waals surface area contributed by atoms with E-state index in [1.807, 2.05) is 99.6 Å². The van der Waals surface area contributed by atoms with E-state index in [2.05, 4.69) is 70.2 Å². The van der Waals surface area contributed by atoms with E-state index in [1.54, 1.807) is 9.47 Å². The molecule has 5 N–H and O–H groups in total. The molecule has 1 amide bonds. The molecule has 0 aliphatic carbocycles. The summed E-state index contributed by atoms with van der Waals surface area (Å²) >= 11 is 0. The molecular formula is C53H55N9O4. The molecule has 2 aliphatic rings. The second-order valence-electron chi connectivity index (χ2n) is 18.7. The molecule has 336 valence electrons. The summed E-state index contributed by atoms with van der Waals surface area (Å²) < 4.78 is 13.0. The fourth-order valence-corrected chi connectivity index (χ4v) is 9.39. The van der Waals surface area contributed by atoms with Gasteiger partial charge in [-0.1, -0.05) is 54.1 Å². The largest absolute Gasteiger partial charge is 0.445 e. The molecule has 0 saturated carbocycles. The smallest absolute Gasteiger partial charge is 0.419 e. The van der Waals surface area contributed by atoms with Crippen molar-refractivity contribution in [3.63, 3.8) is 0 Å². The molecule has 2 fully saturated rings. The van der Waals surface area contributed by atoms with E-state index in [-0.39, 0.29) is 24.8 Å². The Morgan fingerprint density at radius 1 is 0.712 bits per heavy atom. The number of H-pyrrole nitrogens is 3. The van der Waals surface area contributed by atoms with E-state index in [1.165, 1.54) is 6.42 Å². The highest BCUT2D eigenvalue weighted by Crippen LogP contribution is 2.36. The minimum atomic E-state index is -0.578. The van der Waals surface area contributed by atoms with E-state index >= 15 is 0 Å². The summed E-state index contributed by atoms with van der Waals surface area (Å²) in [6.45, 7) is 9.75. The van der Waals surface area contributed by atoms with Gasteiger partial charge in [0.25, 0.3) is 0 Å². The summed E-state index contributed by atoms with van der Waals surface area (Å²) in [7, 11) is 2.15. The molecule has 2 aliphatic heterocycles. The average Bonchev–Trinajstić information content (AvgIpc) is 4.16. The molecule has 0 radical (unpaired) electrons. The van der Waals surface area contributed by atoms with Crippen molar-refractivity contribution in [1.82, 2.24) is 39.3 Å². The highest BCUT2D eigenvalue weighted by atomic mass is 16.6. The van der Waals surface area contributed by atoms with Gasteiger partial charge in [-0.15, -0.1) is 0 Å². The van der Waals surface area contributed by atoms with E-state index in [0.717, 1.165) is 121 Å². The van der Waals surface area contributed by atoms with Crippen LogP contribution in [0.25, 0.3) is 66.4 Å². The van der Waals surface area contributed by atoms with Gasteiger partial charge in [0.2, 0.25) is 0 Å². The number of imidazole rings is 2. The van der Waals surface area contributed by atoms with E-state index in [0.29, 0.717) is 12.6 Å². The van der Waals surface area contributed by atoms with E-state index in [4.69, 9.17) is 25.2 Å². The Balaban J connectivity index is 0.000000155. The van der Waals surface area contributed by atoms with Crippen molar-refractivity contribution in [2.24, 2.45) is 0 Å². The molecular weight excluding hydrogens is 827 g/mol. The van der Waals surface area contributed by atoms with Gasteiger partial charge in [-0.2, -0.15) is 0 Å². The monoisotopic (exact) mass is 881 g/mol. The number of rotatable bonds is 6. The lowest BCUT2D eigenvalue weighted by molar-refractivity contribution is 0.0547. The Morgan fingerprint density at radius 2 is 1.41 bits per heavy atom. The van der Waals surface area contributed by atoms with Gasteiger partial charge in [0, 0.05) is 45.3 Å². The number of aromatic nitrogens is 6. The zero-order valence-electron chi connectivity index (χ0n) is 38.0. The number of aryl methyl sites for hydroxylation is 1. The minimum absolute atomic E-state index is 0.116. The standard InChI is InChI=1S/C27H25N5O2.C26H30N4O2/c28-20-9-11-21-19(13-20)15-23(29-21)18-8-10-22-24(14-18)31-26(30-22)25-7-4-12-32(25)27(33)34-16-17-5-2-1-3-6-17;1-16-8-11-21-18(13-16)15-23(30(21)25(31)32-26(2,3)4)17-9-10-19-20(14-17)28-24(27-19)22-7-6-12-29(22)5/h1-3,5-6,8-11,13-15,25,29H,4,7,12,16,28H2,(H,30,31);8-11,13-15,22H,6-7,12H2,1-5H3,(H,27,28)/t25-;22-/m00/s1. The quantitative estimate of drug-likeness (QED) is 0.120. The van der Waals surface area contributed by atoms with Crippen LogP contribution >= 0.6 is 0 Å². The fourth-order valence-electron chi connectivity index (χ4n) is 9.39. The normalized spacial score (nSPS) is 16.7. The van der Waals surface area contributed by atoms with Gasteiger partial charge < -0.3 is 30.2 Å². The van der Waals surface area contributed by atoms with E-state index in [9.17, 15) is 9.59 Å². The number of hydrogen-bond acceptors (Lipinski definition) is 8. The summed E-state index contributed by atoms with van der Waals surface area (Å²) in [5.41, 5.74) is 17.7. The third-order valence-electron chi connectivity index (χ3n) is 12.6. The van der Waals surface area contributed by atoms with Crippen LogP contribution in [0.15, 0.2) is 115 Å². The number of nitrogens with two attached hydrogens (primary N) is 1. The van der Waals surface area contributed by atoms with Gasteiger partial charge in [0.1, 0.15) is 23.9 Å². The molecule has 0 unspecified atom stereocenters. The number of carbonyl (C=O) groups excluding carboxylic acids is 2. The number of carbonyl (C=O) groups is 2. The molecule has 4 aromatic heterocycles. The maximum Gasteiger partial charge on any atom is 0.419 e. The highest BCUT2D eigenvalue weighted by Gasteiger charge is 2.33. The van der Waals surface area contributed by atoms with Crippen LogP contribution in [0.5, 0.6) is 0 Å². The van der Waals surface area contributed by atoms with Crippen molar-refractivity contribution in [3.05, 3.63) is 138 Å². The summed E-state index contributed by atoms with van der Waals surface area (Å²) in [4.78, 5) is 50.2. The van der Waals surface area contributed by atoms with Crippen LogP contribution in [-0.4, -0.2) is 77.2 Å². The first-order valence-corrected chi connectivity index (χ1v) is 22.7. The molecule has 13 nitrogen and oxygen atoms in total. The number of benzene rings is 5. The van der Waals surface area contributed by atoms with Crippen molar-refractivity contribution >= 4 is 61.7 Å². The first kappa shape index (κ1) is 42.6. The maximum absolute atomic E-state index is 13.2. The van der Waals surface area contributed by atoms with Crippen molar-refractivity contribution in [3.8, 4) is 22.5 Å². The molecule has 2 atom stereocenters. The number of aromatic amines is 3.